The summed E-state index contributed by atoms with van der Waals surface area (Å²) in [6.45, 7) is 5.27. The van der Waals surface area contributed by atoms with Crippen LogP contribution in [-0.2, 0) is 26.2 Å². The lowest BCUT2D eigenvalue weighted by Gasteiger charge is -2.32. The van der Waals surface area contributed by atoms with E-state index < -0.39 is 28.5 Å². The van der Waals surface area contributed by atoms with E-state index in [4.69, 9.17) is 11.6 Å². The van der Waals surface area contributed by atoms with Crippen molar-refractivity contribution in [3.8, 4) is 0 Å². The highest BCUT2D eigenvalue weighted by atomic mass is 35.5. The molecule has 1 saturated carbocycles. The van der Waals surface area contributed by atoms with Gasteiger partial charge in [-0.15, -0.1) is 0 Å². The SMILES string of the molecule is Cc1ccc(CN(C(=O)CN(c2ccc(C)cc2)S(=O)(=O)c2ccc(Cl)cc2)[C@@H](C)C(=O)NC2CCCC2)cc1. The van der Waals surface area contributed by atoms with Crippen molar-refractivity contribution in [1.82, 2.24) is 10.2 Å². The van der Waals surface area contributed by atoms with Crippen molar-refractivity contribution in [2.24, 2.45) is 0 Å². The number of carbonyl (C=O) groups excluding carboxylic acids is 2. The number of halogens is 1. The lowest BCUT2D eigenvalue weighted by atomic mass is 10.1. The molecule has 9 heteroatoms. The number of anilines is 1. The Bertz CT molecular complexity index is 1420. The van der Waals surface area contributed by atoms with E-state index in [1.54, 1.807) is 31.2 Å². The molecule has 7 nitrogen and oxygen atoms in total. The highest BCUT2D eigenvalue weighted by Crippen LogP contribution is 2.26. The molecule has 2 amide bonds. The number of amides is 2. The van der Waals surface area contributed by atoms with Gasteiger partial charge in [-0.25, -0.2) is 8.42 Å². The number of hydrogen-bond acceptors (Lipinski definition) is 4. The molecular formula is C31H36ClN3O4S. The van der Waals surface area contributed by atoms with Gasteiger partial charge in [0.25, 0.3) is 10.0 Å². The summed E-state index contributed by atoms with van der Waals surface area (Å²) in [4.78, 5) is 28.8. The van der Waals surface area contributed by atoms with Gasteiger partial charge in [-0.05, 0) is 75.6 Å². The Balaban J connectivity index is 1.67. The second-order valence-corrected chi connectivity index (χ2v) is 12.8. The molecule has 0 spiro atoms. The predicted molar refractivity (Wildman–Crippen MR) is 159 cm³/mol. The van der Waals surface area contributed by atoms with E-state index in [2.05, 4.69) is 5.32 Å². The van der Waals surface area contributed by atoms with Crippen molar-refractivity contribution in [3.05, 3.63) is 94.5 Å². The van der Waals surface area contributed by atoms with Gasteiger partial charge in [-0.3, -0.25) is 13.9 Å². The van der Waals surface area contributed by atoms with E-state index in [-0.39, 0.29) is 23.4 Å². The van der Waals surface area contributed by atoms with Crippen LogP contribution < -0.4 is 9.62 Å². The fourth-order valence-corrected chi connectivity index (χ4v) is 6.38. The molecule has 0 heterocycles. The highest BCUT2D eigenvalue weighted by molar-refractivity contribution is 7.92. The summed E-state index contributed by atoms with van der Waals surface area (Å²) < 4.78 is 28.8. The molecule has 1 aliphatic carbocycles. The zero-order valence-electron chi connectivity index (χ0n) is 23.1. The number of nitrogens with one attached hydrogen (secondary N) is 1. The molecule has 3 aromatic rings. The Kier molecular flexibility index (Phi) is 9.53. The minimum Gasteiger partial charge on any atom is -0.352 e. The van der Waals surface area contributed by atoms with Crippen LogP contribution in [-0.4, -0.2) is 43.8 Å². The third kappa shape index (κ3) is 7.23. The maximum atomic E-state index is 14.0. The Morgan fingerprint density at radius 1 is 0.900 bits per heavy atom. The van der Waals surface area contributed by atoms with E-state index in [9.17, 15) is 18.0 Å². The molecule has 1 N–H and O–H groups in total. The molecule has 0 bridgehead atoms. The summed E-state index contributed by atoms with van der Waals surface area (Å²) in [6.07, 6.45) is 3.98. The van der Waals surface area contributed by atoms with Gasteiger partial charge in [-0.2, -0.15) is 0 Å². The average molecular weight is 582 g/mol. The second-order valence-electron chi connectivity index (χ2n) is 10.5. The van der Waals surface area contributed by atoms with Crippen LogP contribution in [0.1, 0.15) is 49.3 Å². The van der Waals surface area contributed by atoms with Gasteiger partial charge in [-0.1, -0.05) is 72.0 Å². The van der Waals surface area contributed by atoms with Gasteiger partial charge >= 0.3 is 0 Å². The summed E-state index contributed by atoms with van der Waals surface area (Å²) >= 11 is 6.01. The van der Waals surface area contributed by atoms with Crippen LogP contribution >= 0.6 is 11.6 Å². The minimum absolute atomic E-state index is 0.0161. The number of nitrogens with zero attached hydrogens (tertiary/aromatic N) is 2. The smallest absolute Gasteiger partial charge is 0.264 e. The molecule has 40 heavy (non-hydrogen) atoms. The van der Waals surface area contributed by atoms with Gasteiger partial charge in [0.2, 0.25) is 11.8 Å². The Morgan fingerprint density at radius 3 is 2.02 bits per heavy atom. The minimum atomic E-state index is -4.13. The molecule has 1 atom stereocenters. The zero-order chi connectivity index (χ0) is 28.9. The number of rotatable bonds is 10. The lowest BCUT2D eigenvalue weighted by Crippen LogP contribution is -2.52. The second kappa shape index (κ2) is 12.9. The van der Waals surface area contributed by atoms with E-state index in [0.717, 1.165) is 46.7 Å². The summed E-state index contributed by atoms with van der Waals surface area (Å²) in [5.41, 5.74) is 3.24. The van der Waals surface area contributed by atoms with Gasteiger partial charge in [0, 0.05) is 17.6 Å². The number of benzene rings is 3. The largest absolute Gasteiger partial charge is 0.352 e. The van der Waals surface area contributed by atoms with Crippen LogP contribution in [0.15, 0.2) is 77.7 Å². The molecule has 0 aromatic heterocycles. The summed E-state index contributed by atoms with van der Waals surface area (Å²) in [7, 11) is -4.13. The highest BCUT2D eigenvalue weighted by Gasteiger charge is 2.33. The maximum Gasteiger partial charge on any atom is 0.264 e. The standard InChI is InChI=1S/C31H36ClN3O4S/c1-22-8-12-25(13-9-22)20-34(24(3)31(37)33-27-6-4-5-7-27)30(36)21-35(28-16-10-23(2)11-17-28)40(38,39)29-18-14-26(32)15-19-29/h8-19,24,27H,4-7,20-21H2,1-3H3,(H,33,37)/t24-/m0/s1. The first kappa shape index (κ1) is 29.6. The summed E-state index contributed by atoms with van der Waals surface area (Å²) in [6, 6.07) is 19.8. The number of sulfonamides is 1. The number of carbonyl (C=O) groups is 2. The van der Waals surface area contributed by atoms with Crippen molar-refractivity contribution in [3.63, 3.8) is 0 Å². The van der Waals surface area contributed by atoms with E-state index in [0.29, 0.717) is 10.7 Å². The fourth-order valence-electron chi connectivity index (χ4n) is 4.84. The number of hydrogen-bond donors (Lipinski definition) is 1. The van der Waals surface area contributed by atoms with Crippen LogP contribution in [0.2, 0.25) is 5.02 Å². The van der Waals surface area contributed by atoms with Crippen molar-refractivity contribution >= 4 is 39.1 Å². The van der Waals surface area contributed by atoms with Crippen LogP contribution in [0.25, 0.3) is 0 Å². The topological polar surface area (TPSA) is 86.8 Å². The molecule has 0 radical (unpaired) electrons. The average Bonchev–Trinajstić information content (AvgIpc) is 3.44. The molecule has 4 rings (SSSR count). The molecule has 3 aromatic carbocycles. The monoisotopic (exact) mass is 581 g/mol. The van der Waals surface area contributed by atoms with Crippen molar-refractivity contribution < 1.29 is 18.0 Å². The summed E-state index contributed by atoms with van der Waals surface area (Å²) in [5, 5.41) is 3.49. The van der Waals surface area contributed by atoms with Crippen LogP contribution in [0.4, 0.5) is 5.69 Å². The molecule has 0 aliphatic heterocycles. The molecule has 0 unspecified atom stereocenters. The van der Waals surface area contributed by atoms with Crippen LogP contribution in [0, 0.1) is 13.8 Å². The first-order valence-corrected chi connectivity index (χ1v) is 15.4. The molecular weight excluding hydrogens is 546 g/mol. The van der Waals surface area contributed by atoms with E-state index >= 15 is 0 Å². The third-order valence-electron chi connectivity index (χ3n) is 7.34. The van der Waals surface area contributed by atoms with E-state index in [1.165, 1.54) is 29.2 Å². The van der Waals surface area contributed by atoms with Gasteiger partial charge in [0.05, 0.1) is 10.6 Å². The predicted octanol–water partition coefficient (Wildman–Crippen LogP) is 5.63. The van der Waals surface area contributed by atoms with Gasteiger partial charge < -0.3 is 10.2 Å². The zero-order valence-corrected chi connectivity index (χ0v) is 24.7. The molecule has 1 aliphatic rings. The first-order chi connectivity index (χ1) is 19.0. The van der Waals surface area contributed by atoms with Gasteiger partial charge in [0.15, 0.2) is 0 Å². The first-order valence-electron chi connectivity index (χ1n) is 13.5. The van der Waals surface area contributed by atoms with Crippen molar-refractivity contribution in [2.45, 2.75) is 70.0 Å². The van der Waals surface area contributed by atoms with Crippen LogP contribution in [0.3, 0.4) is 0 Å². The lowest BCUT2D eigenvalue weighted by molar-refractivity contribution is -0.139. The van der Waals surface area contributed by atoms with E-state index in [1.807, 2.05) is 38.1 Å². The van der Waals surface area contributed by atoms with Crippen molar-refractivity contribution in [1.29, 1.82) is 0 Å². The van der Waals surface area contributed by atoms with Gasteiger partial charge in [0.1, 0.15) is 12.6 Å². The fraction of sp³-hybridized carbons (Fsp3) is 0.355. The molecule has 212 valence electrons. The third-order valence-corrected chi connectivity index (χ3v) is 9.38. The Labute approximate surface area is 242 Å². The Morgan fingerprint density at radius 2 is 1.45 bits per heavy atom. The van der Waals surface area contributed by atoms with Crippen LogP contribution in [0.5, 0.6) is 0 Å². The maximum absolute atomic E-state index is 14.0. The number of aryl methyl sites for hydroxylation is 2. The summed E-state index contributed by atoms with van der Waals surface area (Å²) in [5.74, 6) is -0.720. The molecule has 1 fully saturated rings. The Hall–Kier alpha value is -3.36. The normalized spacial score (nSPS) is 14.5. The van der Waals surface area contributed by atoms with Crippen molar-refractivity contribution in [2.75, 3.05) is 10.8 Å². The quantitative estimate of drug-likeness (QED) is 0.336. The molecule has 0 saturated heterocycles.